The van der Waals surface area contributed by atoms with E-state index < -0.39 is 10.0 Å². The van der Waals surface area contributed by atoms with Crippen molar-refractivity contribution in [3.8, 4) is 0 Å². The van der Waals surface area contributed by atoms with E-state index in [1.54, 1.807) is 39.6 Å². The van der Waals surface area contributed by atoms with E-state index in [0.717, 1.165) is 36.1 Å². The molecule has 8 nitrogen and oxygen atoms in total. The zero-order valence-electron chi connectivity index (χ0n) is 17.9. The largest absolute Gasteiger partial charge is 0.326 e. The highest BCUT2D eigenvalue weighted by Gasteiger charge is 2.25. The minimum atomic E-state index is -3.43. The smallest absolute Gasteiger partial charge is 0.243 e. The number of rotatable bonds is 8. The second kappa shape index (κ2) is 10.1. The number of carbonyl (C=O) groups is 1. The van der Waals surface area contributed by atoms with Crippen LogP contribution in [0.15, 0.2) is 66.1 Å². The molecule has 1 amide bonds. The van der Waals surface area contributed by atoms with Gasteiger partial charge in [-0.3, -0.25) is 4.79 Å². The van der Waals surface area contributed by atoms with Crippen LogP contribution in [0.2, 0.25) is 0 Å². The highest BCUT2D eigenvalue weighted by molar-refractivity contribution is 7.89. The standard InChI is InChI=1S/C23H27N5O3S/c29-23(26-22-7-3-2-6-20(22)16-27-18-24-17-25-27)13-10-19-8-11-21(12-9-19)32(30,31)28-14-4-1-5-15-28/h2-3,6-9,11-12,17-18H,1,4-5,10,13-16H2,(H,26,29). The molecule has 0 atom stereocenters. The molecule has 1 aromatic heterocycles. The zero-order valence-corrected chi connectivity index (χ0v) is 18.7. The molecule has 1 aliphatic heterocycles. The summed E-state index contributed by atoms with van der Waals surface area (Å²) in [6, 6.07) is 14.5. The van der Waals surface area contributed by atoms with Crippen LogP contribution in [0.4, 0.5) is 5.69 Å². The fourth-order valence-corrected chi connectivity index (χ4v) is 5.34. The monoisotopic (exact) mass is 453 g/mol. The maximum atomic E-state index is 12.8. The summed E-state index contributed by atoms with van der Waals surface area (Å²) in [4.78, 5) is 16.8. The fraction of sp³-hybridized carbons (Fsp3) is 0.348. The van der Waals surface area contributed by atoms with Crippen molar-refractivity contribution in [2.45, 2.75) is 43.5 Å². The highest BCUT2D eigenvalue weighted by Crippen LogP contribution is 2.21. The minimum Gasteiger partial charge on any atom is -0.326 e. The van der Waals surface area contributed by atoms with Crippen molar-refractivity contribution in [1.29, 1.82) is 0 Å². The van der Waals surface area contributed by atoms with E-state index in [0.29, 0.717) is 37.4 Å². The van der Waals surface area contributed by atoms with Gasteiger partial charge in [0.25, 0.3) is 0 Å². The Morgan fingerprint density at radius 3 is 2.47 bits per heavy atom. The third kappa shape index (κ3) is 5.41. The van der Waals surface area contributed by atoms with Gasteiger partial charge in [-0.1, -0.05) is 36.8 Å². The van der Waals surface area contributed by atoms with Crippen molar-refractivity contribution >= 4 is 21.6 Å². The van der Waals surface area contributed by atoms with Gasteiger partial charge < -0.3 is 5.32 Å². The molecule has 9 heteroatoms. The number of piperidine rings is 1. The maximum Gasteiger partial charge on any atom is 0.243 e. The predicted molar refractivity (Wildman–Crippen MR) is 122 cm³/mol. The predicted octanol–water partition coefficient (Wildman–Crippen LogP) is 3.07. The number of hydrogen-bond donors (Lipinski definition) is 1. The number of nitrogens with zero attached hydrogens (tertiary/aromatic N) is 4. The molecule has 0 radical (unpaired) electrons. The van der Waals surface area contributed by atoms with E-state index in [9.17, 15) is 13.2 Å². The molecule has 2 heterocycles. The van der Waals surface area contributed by atoms with Crippen LogP contribution in [0, 0.1) is 0 Å². The van der Waals surface area contributed by atoms with Gasteiger partial charge in [0.05, 0.1) is 11.4 Å². The molecule has 0 saturated carbocycles. The van der Waals surface area contributed by atoms with Crippen LogP contribution in [-0.4, -0.2) is 46.5 Å². The minimum absolute atomic E-state index is 0.0962. The highest BCUT2D eigenvalue weighted by atomic mass is 32.2. The number of hydrogen-bond acceptors (Lipinski definition) is 5. The second-order valence-electron chi connectivity index (χ2n) is 7.91. The third-order valence-electron chi connectivity index (χ3n) is 5.61. The number of benzene rings is 2. The molecule has 0 spiro atoms. The fourth-order valence-electron chi connectivity index (χ4n) is 3.82. The van der Waals surface area contributed by atoms with Gasteiger partial charge in [-0.05, 0) is 48.6 Å². The van der Waals surface area contributed by atoms with Crippen LogP contribution in [-0.2, 0) is 27.8 Å². The Kier molecular flexibility index (Phi) is 6.96. The normalized spacial score (nSPS) is 14.9. The van der Waals surface area contributed by atoms with Crippen LogP contribution in [0.3, 0.4) is 0 Å². The summed E-state index contributed by atoms with van der Waals surface area (Å²) < 4.78 is 28.8. The number of aromatic nitrogens is 3. The van der Waals surface area contributed by atoms with E-state index in [1.807, 2.05) is 24.3 Å². The molecule has 1 N–H and O–H groups in total. The first-order valence-corrected chi connectivity index (χ1v) is 12.3. The molecule has 0 unspecified atom stereocenters. The number of aryl methyl sites for hydroxylation is 1. The van der Waals surface area contributed by atoms with Gasteiger partial charge in [-0.15, -0.1) is 0 Å². The summed E-state index contributed by atoms with van der Waals surface area (Å²) in [6.07, 6.45) is 6.84. The Bertz CT molecular complexity index is 1140. The number of amides is 1. The summed E-state index contributed by atoms with van der Waals surface area (Å²) >= 11 is 0. The Balaban J connectivity index is 1.34. The first-order chi connectivity index (χ1) is 15.5. The van der Waals surface area contributed by atoms with Gasteiger partial charge in [0.1, 0.15) is 12.7 Å². The van der Waals surface area contributed by atoms with E-state index in [-0.39, 0.29) is 5.91 Å². The van der Waals surface area contributed by atoms with Crippen LogP contribution >= 0.6 is 0 Å². The van der Waals surface area contributed by atoms with E-state index in [1.165, 1.54) is 6.33 Å². The second-order valence-corrected chi connectivity index (χ2v) is 9.85. The molecule has 168 valence electrons. The number of carbonyl (C=O) groups excluding carboxylic acids is 1. The molecule has 3 aromatic rings. The van der Waals surface area contributed by atoms with E-state index in [2.05, 4.69) is 15.4 Å². The zero-order chi connectivity index (χ0) is 22.4. The van der Waals surface area contributed by atoms with Crippen molar-refractivity contribution in [2.24, 2.45) is 0 Å². The van der Waals surface area contributed by atoms with E-state index >= 15 is 0 Å². The van der Waals surface area contributed by atoms with Crippen molar-refractivity contribution in [1.82, 2.24) is 19.1 Å². The Hall–Kier alpha value is -3.04. The lowest BCUT2D eigenvalue weighted by Gasteiger charge is -2.25. The SMILES string of the molecule is O=C(CCc1ccc(S(=O)(=O)N2CCCCC2)cc1)Nc1ccccc1Cn1cncn1. The molecule has 2 aromatic carbocycles. The maximum absolute atomic E-state index is 12.8. The lowest BCUT2D eigenvalue weighted by atomic mass is 10.1. The summed E-state index contributed by atoms with van der Waals surface area (Å²) in [7, 11) is -3.43. The van der Waals surface area contributed by atoms with E-state index in [4.69, 9.17) is 0 Å². The van der Waals surface area contributed by atoms with Gasteiger partial charge in [0.15, 0.2) is 0 Å². The average molecular weight is 454 g/mol. The topological polar surface area (TPSA) is 97.2 Å². The Labute approximate surface area is 188 Å². The summed E-state index contributed by atoms with van der Waals surface area (Å²) in [6.45, 7) is 1.69. The van der Waals surface area contributed by atoms with Crippen LogP contribution < -0.4 is 5.32 Å². The van der Waals surface area contributed by atoms with Crippen molar-refractivity contribution in [3.63, 3.8) is 0 Å². The van der Waals surface area contributed by atoms with Crippen molar-refractivity contribution < 1.29 is 13.2 Å². The van der Waals surface area contributed by atoms with Crippen molar-refractivity contribution in [2.75, 3.05) is 18.4 Å². The number of sulfonamides is 1. The van der Waals surface area contributed by atoms with Gasteiger partial charge in [-0.2, -0.15) is 9.40 Å². The third-order valence-corrected chi connectivity index (χ3v) is 7.52. The van der Waals surface area contributed by atoms with Crippen molar-refractivity contribution in [3.05, 3.63) is 72.3 Å². The number of anilines is 1. The molecule has 0 aliphatic carbocycles. The summed E-state index contributed by atoms with van der Waals surface area (Å²) in [5.74, 6) is -0.0962. The molecule has 4 rings (SSSR count). The molecule has 1 fully saturated rings. The molecule has 0 bridgehead atoms. The van der Waals surface area contributed by atoms with Crippen LogP contribution in [0.25, 0.3) is 0 Å². The molecule has 1 saturated heterocycles. The Morgan fingerprint density at radius 1 is 1.00 bits per heavy atom. The molecule has 1 aliphatic rings. The van der Waals surface area contributed by atoms with Gasteiger partial charge >= 0.3 is 0 Å². The number of nitrogens with one attached hydrogen (secondary N) is 1. The van der Waals surface area contributed by atoms with Crippen LogP contribution in [0.1, 0.15) is 36.8 Å². The molecular weight excluding hydrogens is 426 g/mol. The number of para-hydroxylation sites is 1. The first-order valence-electron chi connectivity index (χ1n) is 10.8. The van der Waals surface area contributed by atoms with Gasteiger partial charge in [0, 0.05) is 25.2 Å². The lowest BCUT2D eigenvalue weighted by Crippen LogP contribution is -2.35. The molecular formula is C23H27N5O3S. The van der Waals surface area contributed by atoms with Gasteiger partial charge in [0.2, 0.25) is 15.9 Å². The average Bonchev–Trinajstić information content (AvgIpc) is 3.33. The summed E-state index contributed by atoms with van der Waals surface area (Å²) in [5, 5.41) is 7.08. The van der Waals surface area contributed by atoms with Gasteiger partial charge in [-0.25, -0.2) is 18.1 Å². The van der Waals surface area contributed by atoms with Crippen LogP contribution in [0.5, 0.6) is 0 Å². The lowest BCUT2D eigenvalue weighted by molar-refractivity contribution is -0.116. The quantitative estimate of drug-likeness (QED) is 0.565. The first kappa shape index (κ1) is 22.2. The summed E-state index contributed by atoms with van der Waals surface area (Å²) in [5.41, 5.74) is 2.61. The Morgan fingerprint density at radius 2 is 1.75 bits per heavy atom. The molecule has 32 heavy (non-hydrogen) atoms.